The Morgan fingerprint density at radius 1 is 1.25 bits per heavy atom. The predicted molar refractivity (Wildman–Crippen MR) is 88.9 cm³/mol. The number of likely N-dealkylation sites (tertiary alicyclic amines) is 1. The Kier molecular flexibility index (Phi) is 4.69. The van der Waals surface area contributed by atoms with Gasteiger partial charge in [-0.3, -0.25) is 4.79 Å². The molecule has 1 unspecified atom stereocenters. The van der Waals surface area contributed by atoms with Crippen LogP contribution in [0.15, 0.2) is 40.8 Å². The third-order valence-corrected chi connectivity index (χ3v) is 4.52. The molecule has 3 rings (SSSR count). The van der Waals surface area contributed by atoms with Gasteiger partial charge in [-0.05, 0) is 36.6 Å². The van der Waals surface area contributed by atoms with Crippen LogP contribution >= 0.6 is 0 Å². The van der Waals surface area contributed by atoms with E-state index in [9.17, 15) is 14.7 Å². The van der Waals surface area contributed by atoms with Gasteiger partial charge in [0.1, 0.15) is 11.5 Å². The van der Waals surface area contributed by atoms with Gasteiger partial charge in [0.15, 0.2) is 0 Å². The van der Waals surface area contributed by atoms with Gasteiger partial charge in [-0.1, -0.05) is 25.1 Å². The molecule has 1 aromatic carbocycles. The van der Waals surface area contributed by atoms with Crippen LogP contribution in [-0.2, 0) is 17.6 Å². The highest BCUT2D eigenvalue weighted by atomic mass is 16.4. The van der Waals surface area contributed by atoms with Gasteiger partial charge in [-0.15, -0.1) is 0 Å². The number of carbonyl (C=O) groups excluding carboxylic acids is 1. The third kappa shape index (κ3) is 3.20. The van der Waals surface area contributed by atoms with Crippen molar-refractivity contribution in [3.8, 4) is 0 Å². The molecule has 1 fully saturated rings. The summed E-state index contributed by atoms with van der Waals surface area (Å²) < 4.78 is 5.82. The first-order valence-electron chi connectivity index (χ1n) is 8.29. The summed E-state index contributed by atoms with van der Waals surface area (Å²) in [6.07, 6.45) is 2.73. The summed E-state index contributed by atoms with van der Waals surface area (Å²) in [6.45, 7) is 2.71. The number of nitrogens with zero attached hydrogens (tertiary/aromatic N) is 1. The summed E-state index contributed by atoms with van der Waals surface area (Å²) >= 11 is 0. The molecule has 1 N–H and O–H groups in total. The molecule has 0 bridgehead atoms. The number of furan rings is 1. The molecule has 2 heterocycles. The second kappa shape index (κ2) is 6.91. The van der Waals surface area contributed by atoms with Crippen molar-refractivity contribution in [2.24, 2.45) is 0 Å². The Balaban J connectivity index is 1.78. The first-order valence-corrected chi connectivity index (χ1v) is 8.29. The van der Waals surface area contributed by atoms with Gasteiger partial charge in [0, 0.05) is 13.0 Å². The van der Waals surface area contributed by atoms with Crippen molar-refractivity contribution < 1.29 is 19.1 Å². The van der Waals surface area contributed by atoms with E-state index in [1.165, 1.54) is 6.07 Å². The van der Waals surface area contributed by atoms with Crippen molar-refractivity contribution in [2.75, 3.05) is 6.54 Å². The molecule has 0 saturated carbocycles. The molecule has 5 heteroatoms. The van der Waals surface area contributed by atoms with Crippen LogP contribution in [0, 0.1) is 0 Å². The smallest absolute Gasteiger partial charge is 0.335 e. The largest absolute Gasteiger partial charge is 0.478 e. The average Bonchev–Trinajstić information content (AvgIpc) is 3.23. The lowest BCUT2D eigenvalue weighted by Crippen LogP contribution is -2.32. The van der Waals surface area contributed by atoms with E-state index in [0.29, 0.717) is 12.1 Å². The second-order valence-corrected chi connectivity index (χ2v) is 6.04. The Morgan fingerprint density at radius 3 is 2.75 bits per heavy atom. The molecule has 2 aromatic rings. The van der Waals surface area contributed by atoms with E-state index in [0.717, 1.165) is 30.8 Å². The first-order chi connectivity index (χ1) is 11.6. The zero-order chi connectivity index (χ0) is 17.1. The monoisotopic (exact) mass is 327 g/mol. The topological polar surface area (TPSA) is 70.8 Å². The lowest BCUT2D eigenvalue weighted by atomic mass is 10.0. The minimum Gasteiger partial charge on any atom is -0.478 e. The van der Waals surface area contributed by atoms with Crippen LogP contribution in [-0.4, -0.2) is 28.4 Å². The fourth-order valence-electron chi connectivity index (χ4n) is 3.27. The number of benzene rings is 1. The highest BCUT2D eigenvalue weighted by Crippen LogP contribution is 2.33. The predicted octanol–water partition coefficient (Wildman–Crippen LogP) is 3.45. The van der Waals surface area contributed by atoms with Gasteiger partial charge < -0.3 is 14.4 Å². The summed E-state index contributed by atoms with van der Waals surface area (Å²) in [4.78, 5) is 25.9. The fourth-order valence-corrected chi connectivity index (χ4v) is 3.27. The number of carbonyl (C=O) groups is 2. The molecule has 1 atom stereocenters. The lowest BCUT2D eigenvalue weighted by Gasteiger charge is -2.23. The van der Waals surface area contributed by atoms with E-state index in [2.05, 4.69) is 0 Å². The maximum Gasteiger partial charge on any atom is 0.335 e. The van der Waals surface area contributed by atoms with Crippen molar-refractivity contribution in [2.45, 2.75) is 38.6 Å². The SMILES string of the molecule is CCc1ccc(C2CCCN2C(=O)Cc2ccccc2C(=O)O)o1. The molecule has 0 radical (unpaired) electrons. The van der Waals surface area contributed by atoms with E-state index in [-0.39, 0.29) is 23.9 Å². The highest BCUT2D eigenvalue weighted by molar-refractivity contribution is 5.91. The van der Waals surface area contributed by atoms with E-state index < -0.39 is 5.97 Å². The van der Waals surface area contributed by atoms with Gasteiger partial charge in [0.25, 0.3) is 0 Å². The van der Waals surface area contributed by atoms with Crippen LogP contribution in [0.4, 0.5) is 0 Å². The van der Waals surface area contributed by atoms with Crippen LogP contribution in [0.3, 0.4) is 0 Å². The summed E-state index contributed by atoms with van der Waals surface area (Å²) in [6, 6.07) is 10.5. The average molecular weight is 327 g/mol. The first kappa shape index (κ1) is 16.3. The number of hydrogen-bond donors (Lipinski definition) is 1. The number of carboxylic acid groups (broad SMARTS) is 1. The van der Waals surface area contributed by atoms with Gasteiger partial charge in [0.2, 0.25) is 5.91 Å². The molecule has 0 spiro atoms. The van der Waals surface area contributed by atoms with Crippen molar-refractivity contribution in [1.29, 1.82) is 0 Å². The molecular formula is C19H21NO4. The molecular weight excluding hydrogens is 306 g/mol. The Bertz CT molecular complexity index is 749. The number of carboxylic acids is 1. The third-order valence-electron chi connectivity index (χ3n) is 4.52. The van der Waals surface area contributed by atoms with E-state index >= 15 is 0 Å². The van der Waals surface area contributed by atoms with Crippen molar-refractivity contribution in [3.05, 3.63) is 59.0 Å². The molecule has 1 aliphatic rings. The minimum atomic E-state index is -1.00. The second-order valence-electron chi connectivity index (χ2n) is 6.04. The molecule has 126 valence electrons. The van der Waals surface area contributed by atoms with Gasteiger partial charge in [-0.2, -0.15) is 0 Å². The number of rotatable bonds is 5. The maximum atomic E-state index is 12.7. The van der Waals surface area contributed by atoms with Crippen LogP contribution in [0.2, 0.25) is 0 Å². The molecule has 1 saturated heterocycles. The standard InChI is InChI=1S/C19H21NO4/c1-2-14-9-10-17(24-14)16-8-5-11-20(16)18(21)12-13-6-3-4-7-15(13)19(22)23/h3-4,6-7,9-10,16H,2,5,8,11-12H2,1H3,(H,22,23). The number of hydrogen-bond acceptors (Lipinski definition) is 3. The van der Waals surface area contributed by atoms with Gasteiger partial charge >= 0.3 is 5.97 Å². The van der Waals surface area contributed by atoms with Crippen molar-refractivity contribution >= 4 is 11.9 Å². The summed E-state index contributed by atoms with van der Waals surface area (Å²) in [5.41, 5.74) is 0.738. The van der Waals surface area contributed by atoms with Crippen molar-refractivity contribution in [1.82, 2.24) is 4.90 Å². The van der Waals surface area contributed by atoms with Crippen LogP contribution in [0.1, 0.15) is 53.2 Å². The normalized spacial score (nSPS) is 17.2. The van der Waals surface area contributed by atoms with Crippen LogP contribution in [0.5, 0.6) is 0 Å². The molecule has 1 amide bonds. The van der Waals surface area contributed by atoms with Gasteiger partial charge in [-0.25, -0.2) is 4.79 Å². The van der Waals surface area contributed by atoms with E-state index in [4.69, 9.17) is 4.42 Å². The maximum absolute atomic E-state index is 12.7. The Hall–Kier alpha value is -2.56. The lowest BCUT2D eigenvalue weighted by molar-refractivity contribution is -0.131. The Labute approximate surface area is 140 Å². The molecule has 1 aromatic heterocycles. The summed E-state index contributed by atoms with van der Waals surface area (Å²) in [7, 11) is 0. The number of aromatic carboxylic acids is 1. The van der Waals surface area contributed by atoms with Gasteiger partial charge in [0.05, 0.1) is 18.0 Å². The molecule has 5 nitrogen and oxygen atoms in total. The minimum absolute atomic E-state index is 0.0465. The summed E-state index contributed by atoms with van der Waals surface area (Å²) in [5.74, 6) is 0.681. The molecule has 0 aliphatic carbocycles. The molecule has 1 aliphatic heterocycles. The zero-order valence-electron chi connectivity index (χ0n) is 13.7. The van der Waals surface area contributed by atoms with E-state index in [1.807, 2.05) is 24.0 Å². The summed E-state index contributed by atoms with van der Waals surface area (Å²) in [5, 5.41) is 9.26. The van der Waals surface area contributed by atoms with Crippen molar-refractivity contribution in [3.63, 3.8) is 0 Å². The Morgan fingerprint density at radius 2 is 2.04 bits per heavy atom. The molecule has 24 heavy (non-hydrogen) atoms. The number of amides is 1. The zero-order valence-corrected chi connectivity index (χ0v) is 13.7. The highest BCUT2D eigenvalue weighted by Gasteiger charge is 2.32. The van der Waals surface area contributed by atoms with E-state index in [1.54, 1.807) is 18.2 Å². The van der Waals surface area contributed by atoms with Crippen LogP contribution < -0.4 is 0 Å². The van der Waals surface area contributed by atoms with Crippen LogP contribution in [0.25, 0.3) is 0 Å². The fraction of sp³-hybridized carbons (Fsp3) is 0.368. The number of aryl methyl sites for hydroxylation is 1. The quantitative estimate of drug-likeness (QED) is 0.913.